The summed E-state index contributed by atoms with van der Waals surface area (Å²) in [5.41, 5.74) is 0.710. The van der Waals surface area contributed by atoms with Crippen LogP contribution >= 0.6 is 23.2 Å². The molecule has 0 N–H and O–H groups in total. The molecule has 3 nitrogen and oxygen atoms in total. The number of amides is 2. The molecule has 1 aliphatic rings. The molecule has 100 valence electrons. The van der Waals surface area contributed by atoms with E-state index in [9.17, 15) is 14.0 Å². The molecular weight excluding hydrogens is 304 g/mol. The van der Waals surface area contributed by atoms with Gasteiger partial charge < -0.3 is 0 Å². The molecule has 0 spiro atoms. The fourth-order valence-corrected chi connectivity index (χ4v) is 2.42. The van der Waals surface area contributed by atoms with Gasteiger partial charge in [-0.3, -0.25) is 9.59 Å². The van der Waals surface area contributed by atoms with Gasteiger partial charge in [-0.1, -0.05) is 23.2 Å². The second-order valence-corrected chi connectivity index (χ2v) is 5.08. The first kappa shape index (κ1) is 13.1. The monoisotopic (exact) mass is 309 g/mol. The predicted molar refractivity (Wildman–Crippen MR) is 74.0 cm³/mol. The third-order valence-electron chi connectivity index (χ3n) is 3.01. The van der Waals surface area contributed by atoms with Crippen LogP contribution in [0.4, 0.5) is 10.1 Å². The summed E-state index contributed by atoms with van der Waals surface area (Å²) in [5, 5.41) is 0.209. The van der Waals surface area contributed by atoms with Crippen molar-refractivity contribution in [2.24, 2.45) is 0 Å². The number of halogens is 3. The molecule has 1 heterocycles. The third-order valence-corrected chi connectivity index (χ3v) is 3.53. The van der Waals surface area contributed by atoms with Crippen LogP contribution in [-0.2, 0) is 0 Å². The first-order valence-electron chi connectivity index (χ1n) is 5.62. The Morgan fingerprint density at radius 1 is 0.900 bits per heavy atom. The second kappa shape index (κ2) is 4.58. The number of rotatable bonds is 1. The van der Waals surface area contributed by atoms with Crippen LogP contribution in [0, 0.1) is 5.82 Å². The highest BCUT2D eigenvalue weighted by atomic mass is 35.5. The number of hydrogen-bond acceptors (Lipinski definition) is 2. The molecule has 2 aromatic rings. The second-order valence-electron chi connectivity index (χ2n) is 4.23. The lowest BCUT2D eigenvalue weighted by atomic mass is 10.1. The number of fused-ring (bicyclic) bond motifs is 1. The van der Waals surface area contributed by atoms with Gasteiger partial charge in [0.05, 0.1) is 21.8 Å². The van der Waals surface area contributed by atoms with Crippen molar-refractivity contribution >= 4 is 40.7 Å². The molecule has 6 heteroatoms. The summed E-state index contributed by atoms with van der Waals surface area (Å²) in [4.78, 5) is 25.5. The van der Waals surface area contributed by atoms with Gasteiger partial charge in [-0.15, -0.1) is 0 Å². The molecular formula is C14H6Cl2FNO2. The lowest BCUT2D eigenvalue weighted by Crippen LogP contribution is -2.29. The fraction of sp³-hybridized carbons (Fsp3) is 0. The minimum Gasteiger partial charge on any atom is -0.268 e. The zero-order valence-corrected chi connectivity index (χ0v) is 11.4. The number of imide groups is 1. The van der Waals surface area contributed by atoms with E-state index in [-0.39, 0.29) is 21.8 Å². The van der Waals surface area contributed by atoms with E-state index < -0.39 is 17.6 Å². The van der Waals surface area contributed by atoms with E-state index in [0.29, 0.717) is 5.02 Å². The Balaban J connectivity index is 2.11. The number of anilines is 1. The zero-order valence-electron chi connectivity index (χ0n) is 9.86. The summed E-state index contributed by atoms with van der Waals surface area (Å²) in [5.74, 6) is -1.60. The standard InChI is InChI=1S/C14H6Cl2FNO2/c15-7-1-3-9-10(5-7)14(20)18(13(9)19)8-2-4-12(17)11(16)6-8/h1-6H. The molecule has 1 aliphatic heterocycles. The molecule has 0 aliphatic carbocycles. The quantitative estimate of drug-likeness (QED) is 0.748. The maximum atomic E-state index is 13.2. The van der Waals surface area contributed by atoms with Crippen molar-refractivity contribution < 1.29 is 14.0 Å². The molecule has 0 aromatic heterocycles. The van der Waals surface area contributed by atoms with Gasteiger partial charge in [0.1, 0.15) is 5.82 Å². The van der Waals surface area contributed by atoms with Gasteiger partial charge in [0.15, 0.2) is 0 Å². The smallest absolute Gasteiger partial charge is 0.266 e. The van der Waals surface area contributed by atoms with Gasteiger partial charge in [-0.25, -0.2) is 9.29 Å². The van der Waals surface area contributed by atoms with Crippen LogP contribution in [0.3, 0.4) is 0 Å². The normalized spacial score (nSPS) is 13.8. The molecule has 2 amide bonds. The molecule has 0 unspecified atom stereocenters. The van der Waals surface area contributed by atoms with Gasteiger partial charge >= 0.3 is 0 Å². The molecule has 0 bridgehead atoms. The Morgan fingerprint density at radius 3 is 2.30 bits per heavy atom. The number of nitrogens with zero attached hydrogens (tertiary/aromatic N) is 1. The first-order chi connectivity index (χ1) is 9.49. The minimum atomic E-state index is -0.616. The molecule has 3 rings (SSSR count). The SMILES string of the molecule is O=C1c2ccc(Cl)cc2C(=O)N1c1ccc(F)c(Cl)c1. The summed E-state index contributed by atoms with van der Waals surface area (Å²) < 4.78 is 13.2. The first-order valence-corrected chi connectivity index (χ1v) is 6.38. The number of carbonyl (C=O) groups excluding carboxylic acids is 2. The average Bonchev–Trinajstić information content (AvgIpc) is 2.65. The van der Waals surface area contributed by atoms with E-state index in [1.807, 2.05) is 0 Å². The molecule has 0 atom stereocenters. The van der Waals surface area contributed by atoms with Crippen molar-refractivity contribution in [2.75, 3.05) is 4.90 Å². The van der Waals surface area contributed by atoms with Gasteiger partial charge in [0.25, 0.3) is 11.8 Å². The van der Waals surface area contributed by atoms with Crippen LogP contribution in [-0.4, -0.2) is 11.8 Å². The highest BCUT2D eigenvalue weighted by Crippen LogP contribution is 2.31. The zero-order chi connectivity index (χ0) is 14.4. The van der Waals surface area contributed by atoms with Gasteiger partial charge in [0, 0.05) is 5.02 Å². The fourth-order valence-electron chi connectivity index (χ4n) is 2.07. The van der Waals surface area contributed by atoms with E-state index in [1.165, 1.54) is 30.3 Å². The molecule has 0 saturated heterocycles. The highest BCUT2D eigenvalue weighted by molar-refractivity contribution is 6.37. The van der Waals surface area contributed by atoms with Crippen LogP contribution in [0.2, 0.25) is 10.0 Å². The minimum absolute atomic E-state index is 0.155. The summed E-state index contributed by atoms with van der Waals surface area (Å²) in [6.07, 6.45) is 0. The maximum absolute atomic E-state index is 13.2. The summed E-state index contributed by atoms with van der Waals surface area (Å²) >= 11 is 11.5. The van der Waals surface area contributed by atoms with Crippen molar-refractivity contribution in [1.29, 1.82) is 0 Å². The lowest BCUT2D eigenvalue weighted by molar-refractivity contribution is 0.0926. The summed E-state index contributed by atoms with van der Waals surface area (Å²) in [6.45, 7) is 0. The Labute approximate surface area is 123 Å². The Hall–Kier alpha value is -1.91. The van der Waals surface area contributed by atoms with Gasteiger partial charge in [0.2, 0.25) is 0 Å². The van der Waals surface area contributed by atoms with Crippen molar-refractivity contribution in [3.05, 3.63) is 63.4 Å². The topological polar surface area (TPSA) is 37.4 Å². The lowest BCUT2D eigenvalue weighted by Gasteiger charge is -2.14. The number of benzene rings is 2. The van der Waals surface area contributed by atoms with Gasteiger partial charge in [-0.05, 0) is 36.4 Å². The highest BCUT2D eigenvalue weighted by Gasteiger charge is 2.36. The largest absolute Gasteiger partial charge is 0.268 e. The Bertz CT molecular complexity index is 761. The van der Waals surface area contributed by atoms with Crippen molar-refractivity contribution in [1.82, 2.24) is 0 Å². The van der Waals surface area contributed by atoms with Crippen molar-refractivity contribution in [2.45, 2.75) is 0 Å². The number of hydrogen-bond donors (Lipinski definition) is 0. The third kappa shape index (κ3) is 1.88. The van der Waals surface area contributed by atoms with Crippen molar-refractivity contribution in [3.8, 4) is 0 Å². The van der Waals surface area contributed by atoms with Crippen LogP contribution in [0.1, 0.15) is 20.7 Å². The Kier molecular flexibility index (Phi) is 3.00. The van der Waals surface area contributed by atoms with E-state index >= 15 is 0 Å². The van der Waals surface area contributed by atoms with Crippen molar-refractivity contribution in [3.63, 3.8) is 0 Å². The van der Waals surface area contributed by atoms with E-state index in [0.717, 1.165) is 11.0 Å². The number of carbonyl (C=O) groups is 2. The predicted octanol–water partition coefficient (Wildman–Crippen LogP) is 3.93. The van der Waals surface area contributed by atoms with Gasteiger partial charge in [-0.2, -0.15) is 0 Å². The average molecular weight is 310 g/mol. The van der Waals surface area contributed by atoms with E-state index in [2.05, 4.69) is 0 Å². The van der Waals surface area contributed by atoms with E-state index in [4.69, 9.17) is 23.2 Å². The molecule has 2 aromatic carbocycles. The molecule has 0 fully saturated rings. The molecule has 0 radical (unpaired) electrons. The summed E-state index contributed by atoms with van der Waals surface area (Å²) in [6, 6.07) is 8.12. The van der Waals surface area contributed by atoms with Crippen LogP contribution in [0.5, 0.6) is 0 Å². The van der Waals surface area contributed by atoms with Crippen LogP contribution in [0.15, 0.2) is 36.4 Å². The summed E-state index contributed by atoms with van der Waals surface area (Å²) in [7, 11) is 0. The molecule has 0 saturated carbocycles. The maximum Gasteiger partial charge on any atom is 0.266 e. The van der Waals surface area contributed by atoms with E-state index in [1.54, 1.807) is 0 Å². The van der Waals surface area contributed by atoms with Crippen LogP contribution in [0.25, 0.3) is 0 Å². The van der Waals surface area contributed by atoms with Crippen LogP contribution < -0.4 is 4.90 Å². The molecule has 20 heavy (non-hydrogen) atoms. The Morgan fingerprint density at radius 2 is 1.60 bits per heavy atom.